The van der Waals surface area contributed by atoms with Crippen molar-refractivity contribution in [2.75, 3.05) is 18.4 Å². The normalized spacial score (nSPS) is 18.6. The highest BCUT2D eigenvalue weighted by molar-refractivity contribution is 5.96. The molecule has 0 spiro atoms. The Labute approximate surface area is 141 Å². The van der Waals surface area contributed by atoms with Gasteiger partial charge in [-0.1, -0.05) is 6.92 Å². The van der Waals surface area contributed by atoms with Gasteiger partial charge in [-0.15, -0.1) is 12.4 Å². The van der Waals surface area contributed by atoms with Gasteiger partial charge < -0.3 is 16.4 Å². The van der Waals surface area contributed by atoms with Crippen molar-refractivity contribution < 1.29 is 14.0 Å². The van der Waals surface area contributed by atoms with Crippen LogP contribution in [0.2, 0.25) is 0 Å². The van der Waals surface area contributed by atoms with Crippen molar-refractivity contribution in [2.45, 2.75) is 26.2 Å². The summed E-state index contributed by atoms with van der Waals surface area (Å²) in [6.07, 6.45) is 2.55. The number of rotatable bonds is 5. The average Bonchev–Trinajstić information content (AvgIpc) is 2.50. The molecular weight excluding hydrogens is 321 g/mol. The molecule has 7 heteroatoms. The number of anilines is 1. The molecular formula is C16H23ClFN3O2. The Morgan fingerprint density at radius 3 is 2.83 bits per heavy atom. The molecule has 128 valence electrons. The first kappa shape index (κ1) is 19.4. The van der Waals surface area contributed by atoms with Gasteiger partial charge in [-0.3, -0.25) is 9.59 Å². The molecule has 1 fully saturated rings. The molecule has 2 amide bonds. The summed E-state index contributed by atoms with van der Waals surface area (Å²) in [6, 6.07) is 3.69. The lowest BCUT2D eigenvalue weighted by molar-refractivity contribution is -0.117. The van der Waals surface area contributed by atoms with E-state index in [0.717, 1.165) is 32.0 Å². The zero-order chi connectivity index (χ0) is 16.1. The van der Waals surface area contributed by atoms with Gasteiger partial charge in [-0.05, 0) is 56.0 Å². The van der Waals surface area contributed by atoms with Gasteiger partial charge in [0.15, 0.2) is 0 Å². The fourth-order valence-electron chi connectivity index (χ4n) is 2.80. The van der Waals surface area contributed by atoms with Crippen LogP contribution in [0.5, 0.6) is 0 Å². The third kappa shape index (κ3) is 5.48. The summed E-state index contributed by atoms with van der Waals surface area (Å²) < 4.78 is 13.7. The number of carbonyl (C=O) groups is 2. The summed E-state index contributed by atoms with van der Waals surface area (Å²) >= 11 is 0. The molecule has 0 bridgehead atoms. The van der Waals surface area contributed by atoms with Crippen LogP contribution in [0.1, 0.15) is 36.5 Å². The van der Waals surface area contributed by atoms with Crippen LogP contribution in [0, 0.1) is 17.7 Å². The molecule has 23 heavy (non-hydrogen) atoms. The molecule has 1 aliphatic heterocycles. The molecule has 0 saturated carbocycles. The highest BCUT2D eigenvalue weighted by Gasteiger charge is 2.22. The van der Waals surface area contributed by atoms with E-state index in [1.54, 1.807) is 0 Å². The second-order valence-electron chi connectivity index (χ2n) is 5.89. The number of halogens is 2. The predicted octanol–water partition coefficient (Wildman–Crippen LogP) is 2.31. The molecule has 1 aliphatic rings. The molecule has 0 radical (unpaired) electrons. The van der Waals surface area contributed by atoms with Gasteiger partial charge in [0.25, 0.3) is 0 Å². The van der Waals surface area contributed by atoms with E-state index < -0.39 is 11.7 Å². The van der Waals surface area contributed by atoms with E-state index in [-0.39, 0.29) is 35.5 Å². The highest BCUT2D eigenvalue weighted by Crippen LogP contribution is 2.23. The fraction of sp³-hybridized carbons (Fsp3) is 0.500. The second-order valence-corrected chi connectivity index (χ2v) is 5.89. The first-order valence-electron chi connectivity index (χ1n) is 7.57. The molecule has 1 aromatic rings. The lowest BCUT2D eigenvalue weighted by Gasteiger charge is -2.28. The van der Waals surface area contributed by atoms with E-state index in [2.05, 4.69) is 10.6 Å². The molecule has 4 N–H and O–H groups in total. The molecule has 2 atom stereocenters. The number of carbonyl (C=O) groups excluding carboxylic acids is 2. The standard InChI is InChI=1S/C16H22FN3O2.ClH/c1-10(12-3-2-6-19-9-12)7-15(21)20-14-8-11(16(18)22)4-5-13(14)17;/h4-5,8,10,12,19H,2-3,6-7,9H2,1H3,(H2,18,22)(H,20,21);1H. The quantitative estimate of drug-likeness (QED) is 0.767. The number of piperidine rings is 1. The van der Waals surface area contributed by atoms with Crippen LogP contribution >= 0.6 is 12.4 Å². The smallest absolute Gasteiger partial charge is 0.248 e. The summed E-state index contributed by atoms with van der Waals surface area (Å²) in [5.74, 6) is -0.808. The largest absolute Gasteiger partial charge is 0.366 e. The second kappa shape index (κ2) is 8.84. The number of amides is 2. The van der Waals surface area contributed by atoms with Crippen molar-refractivity contribution in [2.24, 2.45) is 17.6 Å². The van der Waals surface area contributed by atoms with Gasteiger partial charge in [-0.2, -0.15) is 0 Å². The van der Waals surface area contributed by atoms with E-state index in [4.69, 9.17) is 5.73 Å². The summed E-state index contributed by atoms with van der Waals surface area (Å²) in [4.78, 5) is 23.2. The topological polar surface area (TPSA) is 84.2 Å². The molecule has 2 unspecified atom stereocenters. The Balaban J connectivity index is 0.00000264. The lowest BCUT2D eigenvalue weighted by Crippen LogP contribution is -2.34. The Hall–Kier alpha value is -1.66. The minimum absolute atomic E-state index is 0. The Bertz CT molecular complexity index is 562. The van der Waals surface area contributed by atoms with Crippen molar-refractivity contribution in [3.63, 3.8) is 0 Å². The van der Waals surface area contributed by atoms with Crippen molar-refractivity contribution in [3.8, 4) is 0 Å². The molecule has 1 saturated heterocycles. The molecule has 2 rings (SSSR count). The van der Waals surface area contributed by atoms with Gasteiger partial charge in [0.2, 0.25) is 11.8 Å². The van der Waals surface area contributed by atoms with Crippen molar-refractivity contribution in [1.82, 2.24) is 5.32 Å². The van der Waals surface area contributed by atoms with Crippen LogP contribution in [-0.4, -0.2) is 24.9 Å². The van der Waals surface area contributed by atoms with Crippen LogP contribution in [0.3, 0.4) is 0 Å². The van der Waals surface area contributed by atoms with Crippen LogP contribution in [0.4, 0.5) is 10.1 Å². The predicted molar refractivity (Wildman–Crippen MR) is 90.2 cm³/mol. The number of hydrogen-bond donors (Lipinski definition) is 3. The summed E-state index contributed by atoms with van der Waals surface area (Å²) in [7, 11) is 0. The van der Waals surface area contributed by atoms with Crippen LogP contribution in [-0.2, 0) is 4.79 Å². The third-order valence-corrected chi connectivity index (χ3v) is 4.17. The number of nitrogens with two attached hydrogens (primary N) is 1. The van der Waals surface area contributed by atoms with Crippen LogP contribution < -0.4 is 16.4 Å². The van der Waals surface area contributed by atoms with E-state index in [1.165, 1.54) is 12.1 Å². The van der Waals surface area contributed by atoms with E-state index >= 15 is 0 Å². The number of nitrogens with one attached hydrogen (secondary N) is 2. The first-order chi connectivity index (χ1) is 10.5. The van der Waals surface area contributed by atoms with Crippen LogP contribution in [0.15, 0.2) is 18.2 Å². The number of hydrogen-bond acceptors (Lipinski definition) is 3. The maximum Gasteiger partial charge on any atom is 0.248 e. The molecule has 1 heterocycles. The van der Waals surface area contributed by atoms with Crippen molar-refractivity contribution in [1.29, 1.82) is 0 Å². The van der Waals surface area contributed by atoms with Crippen molar-refractivity contribution >= 4 is 29.9 Å². The van der Waals surface area contributed by atoms with Crippen molar-refractivity contribution in [3.05, 3.63) is 29.6 Å². The van der Waals surface area contributed by atoms with E-state index in [9.17, 15) is 14.0 Å². The third-order valence-electron chi connectivity index (χ3n) is 4.17. The van der Waals surface area contributed by atoms with Gasteiger partial charge in [-0.25, -0.2) is 4.39 Å². The van der Waals surface area contributed by atoms with Gasteiger partial charge in [0.1, 0.15) is 5.82 Å². The number of primary amides is 1. The SMILES string of the molecule is CC(CC(=O)Nc1cc(C(N)=O)ccc1F)C1CCCNC1.Cl. The van der Waals surface area contributed by atoms with Gasteiger partial charge in [0, 0.05) is 12.0 Å². The minimum atomic E-state index is -0.655. The maximum atomic E-state index is 13.7. The average molecular weight is 344 g/mol. The zero-order valence-electron chi connectivity index (χ0n) is 13.1. The molecule has 0 aliphatic carbocycles. The Morgan fingerprint density at radius 1 is 1.48 bits per heavy atom. The Morgan fingerprint density at radius 2 is 2.22 bits per heavy atom. The molecule has 5 nitrogen and oxygen atoms in total. The Kier molecular flexibility index (Phi) is 7.45. The van der Waals surface area contributed by atoms with Gasteiger partial charge in [0.05, 0.1) is 5.69 Å². The minimum Gasteiger partial charge on any atom is -0.366 e. The number of benzene rings is 1. The lowest BCUT2D eigenvalue weighted by atomic mass is 9.85. The highest BCUT2D eigenvalue weighted by atomic mass is 35.5. The van der Waals surface area contributed by atoms with Crippen LogP contribution in [0.25, 0.3) is 0 Å². The van der Waals surface area contributed by atoms with E-state index in [1.807, 2.05) is 6.92 Å². The van der Waals surface area contributed by atoms with Gasteiger partial charge >= 0.3 is 0 Å². The summed E-state index contributed by atoms with van der Waals surface area (Å²) in [5, 5.41) is 5.86. The zero-order valence-corrected chi connectivity index (χ0v) is 13.9. The molecule has 1 aromatic carbocycles. The summed E-state index contributed by atoms with van der Waals surface area (Å²) in [6.45, 7) is 3.98. The monoisotopic (exact) mass is 343 g/mol. The fourth-order valence-corrected chi connectivity index (χ4v) is 2.80. The molecule has 0 aromatic heterocycles. The summed E-state index contributed by atoms with van der Waals surface area (Å²) in [5.41, 5.74) is 5.32. The maximum absolute atomic E-state index is 13.7. The van der Waals surface area contributed by atoms with E-state index in [0.29, 0.717) is 12.3 Å². The first-order valence-corrected chi connectivity index (χ1v) is 7.57.